The third kappa shape index (κ3) is 2.62. The molecule has 0 saturated heterocycles. The summed E-state index contributed by atoms with van der Waals surface area (Å²) in [7, 11) is 0. The molecule has 17 heavy (non-hydrogen) atoms. The van der Waals surface area contributed by atoms with Crippen molar-refractivity contribution in [1.82, 2.24) is 4.98 Å². The number of hydrogen-bond acceptors (Lipinski definition) is 2. The first-order valence-corrected chi connectivity index (χ1v) is 5.43. The van der Waals surface area contributed by atoms with E-state index in [2.05, 4.69) is 4.98 Å². The van der Waals surface area contributed by atoms with Crippen LogP contribution >= 0.6 is 23.2 Å². The lowest BCUT2D eigenvalue weighted by molar-refractivity contribution is 0.112. The molecule has 5 heteroatoms. The fourth-order valence-electron chi connectivity index (χ4n) is 1.48. The fourth-order valence-corrected chi connectivity index (χ4v) is 2.00. The molecule has 0 radical (unpaired) electrons. The van der Waals surface area contributed by atoms with Crippen LogP contribution < -0.4 is 0 Å². The van der Waals surface area contributed by atoms with Gasteiger partial charge in [-0.25, -0.2) is 4.39 Å². The Morgan fingerprint density at radius 2 is 1.76 bits per heavy atom. The van der Waals surface area contributed by atoms with Gasteiger partial charge < -0.3 is 0 Å². The quantitative estimate of drug-likeness (QED) is 0.772. The van der Waals surface area contributed by atoms with Crippen molar-refractivity contribution in [2.24, 2.45) is 0 Å². The number of halogens is 3. The van der Waals surface area contributed by atoms with Crippen molar-refractivity contribution in [2.45, 2.75) is 0 Å². The molecule has 86 valence electrons. The molecule has 0 saturated carbocycles. The predicted octanol–water partition coefficient (Wildman–Crippen LogP) is 4.01. The van der Waals surface area contributed by atoms with E-state index < -0.39 is 5.82 Å². The molecule has 0 atom stereocenters. The molecule has 0 fully saturated rings. The Morgan fingerprint density at radius 1 is 1.12 bits per heavy atom. The van der Waals surface area contributed by atoms with Crippen LogP contribution in [0.25, 0.3) is 11.3 Å². The van der Waals surface area contributed by atoms with Gasteiger partial charge in [0.2, 0.25) is 0 Å². The number of hydrogen-bond donors (Lipinski definition) is 0. The smallest absolute Gasteiger partial charge is 0.152 e. The van der Waals surface area contributed by atoms with Crippen LogP contribution in [0.4, 0.5) is 4.39 Å². The summed E-state index contributed by atoms with van der Waals surface area (Å²) in [5.74, 6) is -0.566. The van der Waals surface area contributed by atoms with Crippen LogP contribution in [0.1, 0.15) is 10.4 Å². The average molecular weight is 270 g/mol. The molecule has 0 N–H and O–H groups in total. The van der Waals surface area contributed by atoms with Gasteiger partial charge in [0.1, 0.15) is 5.82 Å². The maximum absolute atomic E-state index is 12.9. The molecule has 2 aromatic rings. The Morgan fingerprint density at radius 3 is 2.35 bits per heavy atom. The van der Waals surface area contributed by atoms with Gasteiger partial charge in [0.15, 0.2) is 6.29 Å². The molecule has 2 rings (SSSR count). The van der Waals surface area contributed by atoms with E-state index in [0.29, 0.717) is 27.6 Å². The number of nitrogens with zero attached hydrogens (tertiary/aromatic N) is 1. The van der Waals surface area contributed by atoms with E-state index in [1.807, 2.05) is 0 Å². The monoisotopic (exact) mass is 269 g/mol. The third-order valence-corrected chi connectivity index (χ3v) is 2.58. The number of aromatic nitrogens is 1. The Kier molecular flexibility index (Phi) is 3.41. The van der Waals surface area contributed by atoms with Gasteiger partial charge in [-0.1, -0.05) is 23.2 Å². The Hall–Kier alpha value is -1.45. The van der Waals surface area contributed by atoms with Crippen molar-refractivity contribution >= 4 is 29.5 Å². The van der Waals surface area contributed by atoms with Crippen LogP contribution in [0.3, 0.4) is 0 Å². The molecule has 0 aliphatic carbocycles. The third-order valence-electron chi connectivity index (χ3n) is 2.15. The lowest BCUT2D eigenvalue weighted by Gasteiger charge is -2.05. The molecule has 0 unspecified atom stereocenters. The van der Waals surface area contributed by atoms with Gasteiger partial charge in [-0.2, -0.15) is 0 Å². The zero-order valence-electron chi connectivity index (χ0n) is 8.45. The molecule has 1 aromatic carbocycles. The highest BCUT2D eigenvalue weighted by Crippen LogP contribution is 2.27. The molecule has 2 nitrogen and oxygen atoms in total. The summed E-state index contributed by atoms with van der Waals surface area (Å²) in [6.45, 7) is 0. The zero-order chi connectivity index (χ0) is 12.4. The SMILES string of the molecule is O=Cc1cc(F)cnc1-c1cc(Cl)cc(Cl)c1. The summed E-state index contributed by atoms with van der Waals surface area (Å²) in [5, 5.41) is 0.853. The van der Waals surface area contributed by atoms with E-state index in [-0.39, 0.29) is 5.56 Å². The van der Waals surface area contributed by atoms with Gasteiger partial charge in [0.05, 0.1) is 11.9 Å². The number of rotatable bonds is 2. The van der Waals surface area contributed by atoms with Crippen LogP contribution in [0.2, 0.25) is 10.0 Å². The minimum atomic E-state index is -0.566. The van der Waals surface area contributed by atoms with Gasteiger partial charge in [-0.3, -0.25) is 9.78 Å². The second-order valence-electron chi connectivity index (χ2n) is 3.37. The summed E-state index contributed by atoms with van der Waals surface area (Å²) in [5.41, 5.74) is 1.08. The highest BCUT2D eigenvalue weighted by molar-refractivity contribution is 6.35. The number of pyridine rings is 1. The first-order valence-electron chi connectivity index (χ1n) is 4.67. The number of carbonyl (C=O) groups excluding carboxylic acids is 1. The normalized spacial score (nSPS) is 10.3. The van der Waals surface area contributed by atoms with Gasteiger partial charge in [-0.15, -0.1) is 0 Å². The van der Waals surface area contributed by atoms with Gasteiger partial charge in [-0.05, 0) is 24.3 Å². The van der Waals surface area contributed by atoms with Crippen LogP contribution in [0.5, 0.6) is 0 Å². The van der Waals surface area contributed by atoms with Crippen molar-refractivity contribution in [1.29, 1.82) is 0 Å². The molecule has 0 amide bonds. The molecule has 1 aromatic heterocycles. The predicted molar refractivity (Wildman–Crippen MR) is 65.0 cm³/mol. The summed E-state index contributed by atoms with van der Waals surface area (Å²) in [4.78, 5) is 14.7. The number of aldehydes is 1. The van der Waals surface area contributed by atoms with E-state index in [4.69, 9.17) is 23.2 Å². The highest BCUT2D eigenvalue weighted by Gasteiger charge is 2.09. The van der Waals surface area contributed by atoms with Crippen LogP contribution in [-0.4, -0.2) is 11.3 Å². The Balaban J connectivity index is 2.63. The topological polar surface area (TPSA) is 30.0 Å². The maximum Gasteiger partial charge on any atom is 0.152 e. The lowest BCUT2D eigenvalue weighted by atomic mass is 10.1. The number of benzene rings is 1. The maximum atomic E-state index is 12.9. The summed E-state index contributed by atoms with van der Waals surface area (Å²) in [6, 6.07) is 5.90. The second-order valence-corrected chi connectivity index (χ2v) is 4.24. The van der Waals surface area contributed by atoms with E-state index >= 15 is 0 Å². The second kappa shape index (κ2) is 4.82. The highest BCUT2D eigenvalue weighted by atomic mass is 35.5. The van der Waals surface area contributed by atoms with Gasteiger partial charge >= 0.3 is 0 Å². The Bertz CT molecular complexity index is 566. The molecule has 0 aliphatic rings. The lowest BCUT2D eigenvalue weighted by Crippen LogP contribution is -1.93. The Labute approximate surface area is 107 Å². The molecular formula is C12H6Cl2FNO. The van der Waals surface area contributed by atoms with Gasteiger partial charge in [0.25, 0.3) is 0 Å². The first-order chi connectivity index (χ1) is 8.10. The van der Waals surface area contributed by atoms with Crippen molar-refractivity contribution < 1.29 is 9.18 Å². The van der Waals surface area contributed by atoms with Gasteiger partial charge in [0, 0.05) is 21.2 Å². The average Bonchev–Trinajstić information content (AvgIpc) is 2.27. The van der Waals surface area contributed by atoms with E-state index in [0.717, 1.165) is 12.3 Å². The summed E-state index contributed by atoms with van der Waals surface area (Å²) >= 11 is 11.7. The van der Waals surface area contributed by atoms with Crippen LogP contribution in [-0.2, 0) is 0 Å². The minimum Gasteiger partial charge on any atom is -0.298 e. The summed E-state index contributed by atoms with van der Waals surface area (Å²) < 4.78 is 12.9. The molecule has 0 aliphatic heterocycles. The molecular weight excluding hydrogens is 264 g/mol. The van der Waals surface area contributed by atoms with Crippen LogP contribution in [0.15, 0.2) is 30.5 Å². The first kappa shape index (κ1) is 12.0. The van der Waals surface area contributed by atoms with Crippen LogP contribution in [0, 0.1) is 5.82 Å². The minimum absolute atomic E-state index is 0.156. The van der Waals surface area contributed by atoms with Crippen molar-refractivity contribution in [3.05, 3.63) is 51.9 Å². The number of carbonyl (C=O) groups is 1. The molecule has 0 bridgehead atoms. The standard InChI is InChI=1S/C12H6Cl2FNO/c13-9-1-7(2-10(14)4-9)12-8(6-17)3-11(15)5-16-12/h1-6H. The molecule has 1 heterocycles. The fraction of sp³-hybridized carbons (Fsp3) is 0. The van der Waals surface area contributed by atoms with Crippen molar-refractivity contribution in [3.8, 4) is 11.3 Å². The largest absolute Gasteiger partial charge is 0.298 e. The van der Waals surface area contributed by atoms with Crippen molar-refractivity contribution in [2.75, 3.05) is 0 Å². The van der Waals surface area contributed by atoms with E-state index in [1.165, 1.54) is 0 Å². The van der Waals surface area contributed by atoms with E-state index in [9.17, 15) is 9.18 Å². The van der Waals surface area contributed by atoms with Crippen molar-refractivity contribution in [3.63, 3.8) is 0 Å². The zero-order valence-corrected chi connectivity index (χ0v) is 9.97. The molecule has 0 spiro atoms. The summed E-state index contributed by atoms with van der Waals surface area (Å²) in [6.07, 6.45) is 1.58. The van der Waals surface area contributed by atoms with E-state index in [1.54, 1.807) is 18.2 Å².